The topological polar surface area (TPSA) is 23.3 Å². The molecule has 0 aromatic rings. The zero-order valence-electron chi connectivity index (χ0n) is 8.30. The normalized spacial score (nSPS) is 19.9. The lowest BCUT2D eigenvalue weighted by atomic mass is 10.4. The average Bonchev–Trinajstić information content (AvgIpc) is 2.44. The number of hydrogen-bond acceptors (Lipinski definition) is 2. The van der Waals surface area contributed by atoms with E-state index in [1.807, 2.05) is 34.8 Å². The number of halogens is 1. The minimum absolute atomic E-state index is 0. The Kier molecular flexibility index (Phi) is 4.91. The minimum atomic E-state index is 0. The molecule has 82 valence electrons. The second-order valence-electron chi connectivity index (χ2n) is 3.29. The van der Waals surface area contributed by atoms with Gasteiger partial charge in [-0.2, -0.15) is 0 Å². The third-order valence-electron chi connectivity index (χ3n) is 2.23. The van der Waals surface area contributed by atoms with Crippen LogP contribution >= 0.6 is 11.9 Å². The van der Waals surface area contributed by atoms with Gasteiger partial charge in [0.2, 0.25) is 12.6 Å². The Morgan fingerprint density at radius 2 is 2.27 bits per heavy atom. The highest BCUT2D eigenvalue weighted by molar-refractivity contribution is 7.96. The molecule has 3 nitrogen and oxygen atoms in total. The van der Waals surface area contributed by atoms with Crippen LogP contribution in [0.4, 0.5) is 0 Å². The molecule has 2 aliphatic heterocycles. The number of likely N-dealkylation sites (tertiary alicyclic amines) is 1. The smallest absolute Gasteiger partial charge is 0.234 e. The van der Waals surface area contributed by atoms with Gasteiger partial charge in [-0.3, -0.25) is 9.69 Å². The number of hydrogen-bond donors (Lipinski definition) is 0. The van der Waals surface area contributed by atoms with Gasteiger partial charge in [-0.1, -0.05) is 6.08 Å². The fourth-order valence-corrected chi connectivity index (χ4v) is 2.17. The molecule has 0 aliphatic carbocycles. The van der Waals surface area contributed by atoms with Crippen molar-refractivity contribution in [1.29, 1.82) is 0 Å². The minimum Gasteiger partial charge on any atom is -1.00 e. The molecule has 5 heteroatoms. The summed E-state index contributed by atoms with van der Waals surface area (Å²) in [5.41, 5.74) is 0. The predicted molar refractivity (Wildman–Crippen MR) is 58.0 cm³/mol. The van der Waals surface area contributed by atoms with Crippen molar-refractivity contribution in [2.75, 3.05) is 13.2 Å². The molecule has 1 saturated heterocycles. The highest BCUT2D eigenvalue weighted by Gasteiger charge is 2.24. The SMILES string of the molecule is O=C1CCCN1C[N+]1=CC=CC=CS1.[Cl-]. The molecule has 0 bridgehead atoms. The van der Waals surface area contributed by atoms with E-state index in [0.29, 0.717) is 13.1 Å². The van der Waals surface area contributed by atoms with Crippen molar-refractivity contribution in [3.63, 3.8) is 0 Å². The fourth-order valence-electron chi connectivity index (χ4n) is 1.51. The first-order chi connectivity index (χ1) is 6.86. The number of carbonyl (C=O) groups excluding carboxylic acids is 1. The monoisotopic (exact) mass is 244 g/mol. The van der Waals surface area contributed by atoms with Crippen molar-refractivity contribution < 1.29 is 21.2 Å². The van der Waals surface area contributed by atoms with E-state index in [1.165, 1.54) is 0 Å². The molecule has 0 atom stereocenters. The third kappa shape index (κ3) is 3.39. The number of carbonyl (C=O) groups is 1. The molecule has 0 radical (unpaired) electrons. The highest BCUT2D eigenvalue weighted by atomic mass is 35.5. The van der Waals surface area contributed by atoms with Crippen LogP contribution in [0.15, 0.2) is 23.6 Å². The van der Waals surface area contributed by atoms with Crippen molar-refractivity contribution in [3.05, 3.63) is 23.6 Å². The summed E-state index contributed by atoms with van der Waals surface area (Å²) in [6.07, 6.45) is 9.67. The quantitative estimate of drug-likeness (QED) is 0.431. The second kappa shape index (κ2) is 5.98. The van der Waals surface area contributed by atoms with Gasteiger partial charge in [0.05, 0.1) is 0 Å². The molecule has 0 aromatic heterocycles. The maximum atomic E-state index is 11.4. The lowest BCUT2D eigenvalue weighted by Gasteiger charge is -2.10. The van der Waals surface area contributed by atoms with Gasteiger partial charge in [0.25, 0.3) is 0 Å². The van der Waals surface area contributed by atoms with E-state index in [9.17, 15) is 4.79 Å². The summed E-state index contributed by atoms with van der Waals surface area (Å²) in [6, 6.07) is 0. The standard InChI is InChI=1S/C10H13N2OS.ClH/c13-10-5-4-6-11(10)9-12-7-2-1-3-8-14-12;/h1-3,7-8H,4-6,9H2;1H/q+1;/p-1. The average molecular weight is 245 g/mol. The van der Waals surface area contributed by atoms with E-state index in [1.54, 1.807) is 11.9 Å². The second-order valence-corrected chi connectivity index (χ2v) is 4.24. The summed E-state index contributed by atoms with van der Waals surface area (Å²) in [7, 11) is 0. The zero-order valence-corrected chi connectivity index (χ0v) is 9.88. The number of rotatable bonds is 2. The van der Waals surface area contributed by atoms with Gasteiger partial charge in [0.1, 0.15) is 0 Å². The van der Waals surface area contributed by atoms with E-state index in [2.05, 4.69) is 3.98 Å². The molecular formula is C10H13ClN2OS. The van der Waals surface area contributed by atoms with Crippen LogP contribution in [0.25, 0.3) is 0 Å². The van der Waals surface area contributed by atoms with Crippen LogP contribution in [-0.2, 0) is 4.79 Å². The molecule has 1 fully saturated rings. The Labute approximate surface area is 100 Å². The van der Waals surface area contributed by atoms with Crippen molar-refractivity contribution in [2.24, 2.45) is 0 Å². The Morgan fingerprint density at radius 1 is 1.40 bits per heavy atom. The number of amides is 1. The first-order valence-electron chi connectivity index (χ1n) is 4.74. The summed E-state index contributed by atoms with van der Waals surface area (Å²) in [4.78, 5) is 13.3. The summed E-state index contributed by atoms with van der Waals surface area (Å²) < 4.78 is 2.06. The fraction of sp³-hybridized carbons (Fsp3) is 0.400. The molecule has 1 amide bonds. The lowest BCUT2D eigenvalue weighted by Crippen LogP contribution is -3.00. The maximum Gasteiger partial charge on any atom is 0.234 e. The predicted octanol–water partition coefficient (Wildman–Crippen LogP) is -1.61. The number of nitrogens with zero attached hydrogens (tertiary/aromatic N) is 2. The van der Waals surface area contributed by atoms with Gasteiger partial charge < -0.3 is 12.4 Å². The van der Waals surface area contributed by atoms with Gasteiger partial charge in [-0.25, -0.2) is 0 Å². The van der Waals surface area contributed by atoms with Crippen LogP contribution in [0.2, 0.25) is 0 Å². The van der Waals surface area contributed by atoms with Gasteiger partial charge >= 0.3 is 0 Å². The molecule has 2 heterocycles. The van der Waals surface area contributed by atoms with Gasteiger partial charge in [0, 0.05) is 24.4 Å². The van der Waals surface area contributed by atoms with E-state index in [4.69, 9.17) is 0 Å². The van der Waals surface area contributed by atoms with Crippen molar-refractivity contribution in [3.8, 4) is 0 Å². The molecule has 0 spiro atoms. The van der Waals surface area contributed by atoms with Crippen molar-refractivity contribution in [1.82, 2.24) is 4.90 Å². The summed E-state index contributed by atoms with van der Waals surface area (Å²) in [5, 5.41) is 2.01. The zero-order chi connectivity index (χ0) is 9.80. The Balaban J connectivity index is 0.00000112. The van der Waals surface area contributed by atoms with E-state index in [0.717, 1.165) is 13.0 Å². The van der Waals surface area contributed by atoms with E-state index >= 15 is 0 Å². The summed E-state index contributed by atoms with van der Waals surface area (Å²) in [5.74, 6) is 0.274. The lowest BCUT2D eigenvalue weighted by molar-refractivity contribution is -0.368. The third-order valence-corrected chi connectivity index (χ3v) is 3.02. The van der Waals surface area contributed by atoms with Crippen LogP contribution in [-0.4, -0.2) is 34.2 Å². The van der Waals surface area contributed by atoms with Gasteiger partial charge in [-0.05, 0) is 12.5 Å². The first kappa shape index (κ1) is 12.3. The van der Waals surface area contributed by atoms with Crippen LogP contribution in [0.5, 0.6) is 0 Å². The van der Waals surface area contributed by atoms with E-state index < -0.39 is 0 Å². The molecule has 2 aliphatic rings. The van der Waals surface area contributed by atoms with Crippen LogP contribution < -0.4 is 12.4 Å². The van der Waals surface area contributed by atoms with Gasteiger partial charge in [0.15, 0.2) is 18.2 Å². The summed E-state index contributed by atoms with van der Waals surface area (Å²) >= 11 is 1.61. The molecule has 15 heavy (non-hydrogen) atoms. The Bertz CT molecular complexity index is 325. The molecule has 0 saturated carbocycles. The summed E-state index contributed by atoms with van der Waals surface area (Å²) in [6.45, 7) is 1.59. The van der Waals surface area contributed by atoms with Crippen LogP contribution in [0.3, 0.4) is 0 Å². The van der Waals surface area contributed by atoms with E-state index in [-0.39, 0.29) is 18.3 Å². The van der Waals surface area contributed by atoms with Crippen LogP contribution in [0, 0.1) is 0 Å². The van der Waals surface area contributed by atoms with Gasteiger partial charge in [-0.15, -0.1) is 3.98 Å². The first-order valence-corrected chi connectivity index (χ1v) is 5.58. The largest absolute Gasteiger partial charge is 1.00 e. The molecular weight excluding hydrogens is 232 g/mol. The molecule has 0 unspecified atom stereocenters. The number of allylic oxidation sites excluding steroid dienone is 3. The molecule has 0 aromatic carbocycles. The maximum absolute atomic E-state index is 11.4. The highest BCUT2D eigenvalue weighted by Crippen LogP contribution is 2.13. The van der Waals surface area contributed by atoms with Crippen molar-refractivity contribution in [2.45, 2.75) is 12.8 Å². The molecule has 2 rings (SSSR count). The Hall–Kier alpha value is -0.740. The molecule has 0 N–H and O–H groups in total. The Morgan fingerprint density at radius 3 is 3.00 bits per heavy atom. The van der Waals surface area contributed by atoms with Crippen molar-refractivity contribution >= 4 is 24.1 Å². The van der Waals surface area contributed by atoms with Crippen LogP contribution in [0.1, 0.15) is 12.8 Å².